The smallest absolute Gasteiger partial charge is 0.408 e. The van der Waals surface area contributed by atoms with Gasteiger partial charge in [-0.2, -0.15) is 0 Å². The highest BCUT2D eigenvalue weighted by Gasteiger charge is 2.31. The molecule has 25 heavy (non-hydrogen) atoms. The van der Waals surface area contributed by atoms with Crippen LogP contribution in [-0.2, 0) is 13.0 Å². The van der Waals surface area contributed by atoms with Crippen LogP contribution in [0, 0.1) is 5.92 Å². The zero-order chi connectivity index (χ0) is 17.2. The van der Waals surface area contributed by atoms with Gasteiger partial charge in [-0.1, -0.05) is 12.1 Å². The van der Waals surface area contributed by atoms with Crippen molar-refractivity contribution in [3.8, 4) is 0 Å². The predicted molar refractivity (Wildman–Crippen MR) is 92.1 cm³/mol. The van der Waals surface area contributed by atoms with E-state index in [0.717, 1.165) is 17.8 Å². The summed E-state index contributed by atoms with van der Waals surface area (Å²) in [6, 6.07) is 7.42. The molecule has 0 spiro atoms. The molecule has 1 fully saturated rings. The first-order valence-corrected chi connectivity index (χ1v) is 8.44. The molecule has 0 radical (unpaired) electrons. The maximum absolute atomic E-state index is 12.0. The van der Waals surface area contributed by atoms with Crippen LogP contribution in [0.3, 0.4) is 0 Å². The molecule has 1 aromatic carbocycles. The summed E-state index contributed by atoms with van der Waals surface area (Å²) in [4.78, 5) is 22.6. The van der Waals surface area contributed by atoms with Gasteiger partial charge in [-0.05, 0) is 18.6 Å². The van der Waals surface area contributed by atoms with E-state index in [9.17, 15) is 9.90 Å². The Balaban J connectivity index is 1.40. The van der Waals surface area contributed by atoms with Crippen molar-refractivity contribution in [3.05, 3.63) is 59.1 Å². The van der Waals surface area contributed by atoms with Crippen molar-refractivity contribution in [1.82, 2.24) is 19.4 Å². The van der Waals surface area contributed by atoms with E-state index in [4.69, 9.17) is 4.42 Å². The Hall–Kier alpha value is -2.51. The standard InChI is InChI=1S/C18H20N4O3/c23-16-12-21(11-13(16)9-14-10-19-5-6-20-14)7-8-22-15-3-1-2-4-17(15)25-18(22)24/h1-6,10,13,16,23H,7-9,11-12H2/t13-,16-/m1/s1. The lowest BCUT2D eigenvalue weighted by atomic mass is 10.0. The van der Waals surface area contributed by atoms with Crippen LogP contribution in [0.2, 0.25) is 0 Å². The molecule has 7 nitrogen and oxygen atoms in total. The highest BCUT2D eigenvalue weighted by atomic mass is 16.4. The van der Waals surface area contributed by atoms with Gasteiger partial charge in [-0.3, -0.25) is 19.4 Å². The largest absolute Gasteiger partial charge is 0.419 e. The Kier molecular flexibility index (Phi) is 4.33. The van der Waals surface area contributed by atoms with Gasteiger partial charge in [0, 0.05) is 50.7 Å². The number of β-amino-alcohol motifs (C(OH)–C–C–N with tert-alkyl or cyclic N) is 1. The number of para-hydroxylation sites is 2. The van der Waals surface area contributed by atoms with Crippen LogP contribution < -0.4 is 5.76 Å². The summed E-state index contributed by atoms with van der Waals surface area (Å²) in [6.45, 7) is 2.62. The van der Waals surface area contributed by atoms with E-state index in [0.29, 0.717) is 31.6 Å². The number of aliphatic hydroxyl groups is 1. The Morgan fingerprint density at radius 1 is 1.20 bits per heavy atom. The summed E-state index contributed by atoms with van der Waals surface area (Å²) < 4.78 is 6.91. The Bertz CT molecular complexity index is 905. The van der Waals surface area contributed by atoms with Gasteiger partial charge in [0.25, 0.3) is 0 Å². The fourth-order valence-corrected chi connectivity index (χ4v) is 3.50. The molecule has 2 atom stereocenters. The van der Waals surface area contributed by atoms with E-state index >= 15 is 0 Å². The molecule has 130 valence electrons. The number of rotatable bonds is 5. The molecule has 0 bridgehead atoms. The van der Waals surface area contributed by atoms with Gasteiger partial charge in [0.05, 0.1) is 17.3 Å². The van der Waals surface area contributed by atoms with E-state index in [1.54, 1.807) is 29.2 Å². The number of aromatic nitrogens is 3. The van der Waals surface area contributed by atoms with Crippen LogP contribution >= 0.6 is 0 Å². The van der Waals surface area contributed by atoms with Gasteiger partial charge in [-0.25, -0.2) is 4.79 Å². The van der Waals surface area contributed by atoms with Gasteiger partial charge >= 0.3 is 5.76 Å². The molecule has 3 heterocycles. The molecule has 1 aliphatic heterocycles. The van der Waals surface area contributed by atoms with Gasteiger partial charge in [0.15, 0.2) is 5.58 Å². The number of likely N-dealkylation sites (tertiary alicyclic amines) is 1. The van der Waals surface area contributed by atoms with Crippen molar-refractivity contribution in [2.24, 2.45) is 5.92 Å². The number of hydrogen-bond acceptors (Lipinski definition) is 6. The lowest BCUT2D eigenvalue weighted by Crippen LogP contribution is -2.28. The van der Waals surface area contributed by atoms with Gasteiger partial charge in [0.2, 0.25) is 0 Å². The summed E-state index contributed by atoms with van der Waals surface area (Å²) in [5.74, 6) is -0.202. The second-order valence-corrected chi connectivity index (χ2v) is 6.48. The summed E-state index contributed by atoms with van der Waals surface area (Å²) >= 11 is 0. The highest BCUT2D eigenvalue weighted by molar-refractivity contribution is 5.72. The molecular weight excluding hydrogens is 320 g/mol. The van der Waals surface area contributed by atoms with Crippen LogP contribution in [0.25, 0.3) is 11.1 Å². The molecule has 3 aromatic rings. The molecule has 4 rings (SSSR count). The number of nitrogens with zero attached hydrogens (tertiary/aromatic N) is 4. The molecule has 2 aromatic heterocycles. The molecule has 0 saturated carbocycles. The summed E-state index contributed by atoms with van der Waals surface area (Å²) in [5, 5.41) is 10.3. The monoisotopic (exact) mass is 340 g/mol. The van der Waals surface area contributed by atoms with Crippen molar-refractivity contribution in [3.63, 3.8) is 0 Å². The average Bonchev–Trinajstić information content (AvgIpc) is 3.13. The van der Waals surface area contributed by atoms with Crippen LogP contribution in [0.4, 0.5) is 0 Å². The number of benzene rings is 1. The summed E-state index contributed by atoms with van der Waals surface area (Å²) in [5.41, 5.74) is 2.31. The number of hydrogen-bond donors (Lipinski definition) is 1. The van der Waals surface area contributed by atoms with E-state index in [-0.39, 0.29) is 17.8 Å². The quantitative estimate of drug-likeness (QED) is 0.743. The zero-order valence-corrected chi connectivity index (χ0v) is 13.8. The minimum Gasteiger partial charge on any atom is -0.408 e. The van der Waals surface area contributed by atoms with Gasteiger partial charge in [0.1, 0.15) is 0 Å². The second kappa shape index (κ2) is 6.78. The maximum atomic E-state index is 12.0. The van der Waals surface area contributed by atoms with Crippen molar-refractivity contribution in [2.45, 2.75) is 19.1 Å². The zero-order valence-electron chi connectivity index (χ0n) is 13.8. The van der Waals surface area contributed by atoms with Crippen LogP contribution in [0.1, 0.15) is 5.69 Å². The molecule has 0 amide bonds. The fraction of sp³-hybridized carbons (Fsp3) is 0.389. The highest BCUT2D eigenvalue weighted by Crippen LogP contribution is 2.21. The topological polar surface area (TPSA) is 84.4 Å². The first kappa shape index (κ1) is 16.0. The molecule has 0 aliphatic carbocycles. The Morgan fingerprint density at radius 3 is 2.92 bits per heavy atom. The minimum absolute atomic E-state index is 0.134. The summed E-state index contributed by atoms with van der Waals surface area (Å²) in [7, 11) is 0. The SMILES string of the molecule is O=c1oc2ccccc2n1CCN1C[C@@H](Cc2cnccn2)[C@H](O)C1. The van der Waals surface area contributed by atoms with Gasteiger partial charge < -0.3 is 9.52 Å². The van der Waals surface area contributed by atoms with E-state index in [1.807, 2.05) is 18.2 Å². The molecule has 1 saturated heterocycles. The third-order valence-electron chi connectivity index (χ3n) is 4.78. The van der Waals surface area contributed by atoms with E-state index in [2.05, 4.69) is 14.9 Å². The maximum Gasteiger partial charge on any atom is 0.419 e. The van der Waals surface area contributed by atoms with E-state index in [1.165, 1.54) is 0 Å². The molecule has 7 heteroatoms. The number of aliphatic hydroxyl groups excluding tert-OH is 1. The minimum atomic E-state index is -0.389. The van der Waals surface area contributed by atoms with Crippen molar-refractivity contribution in [2.75, 3.05) is 19.6 Å². The van der Waals surface area contributed by atoms with Crippen molar-refractivity contribution < 1.29 is 9.52 Å². The van der Waals surface area contributed by atoms with Crippen molar-refractivity contribution >= 4 is 11.1 Å². The lowest BCUT2D eigenvalue weighted by molar-refractivity contribution is 0.140. The number of fused-ring (bicyclic) bond motifs is 1. The summed E-state index contributed by atoms with van der Waals surface area (Å²) in [6.07, 6.45) is 5.38. The van der Waals surface area contributed by atoms with Crippen molar-refractivity contribution in [1.29, 1.82) is 0 Å². The van der Waals surface area contributed by atoms with Gasteiger partial charge in [-0.15, -0.1) is 0 Å². The van der Waals surface area contributed by atoms with E-state index < -0.39 is 0 Å². The van der Waals surface area contributed by atoms with Crippen LogP contribution in [0.15, 0.2) is 52.1 Å². The molecule has 1 aliphatic rings. The van der Waals surface area contributed by atoms with Crippen LogP contribution in [0.5, 0.6) is 0 Å². The Morgan fingerprint density at radius 2 is 2.08 bits per heavy atom. The first-order chi connectivity index (χ1) is 12.2. The lowest BCUT2D eigenvalue weighted by Gasteiger charge is -2.15. The normalized spacial score (nSPS) is 21.2. The van der Waals surface area contributed by atoms with Crippen LogP contribution in [-0.4, -0.2) is 50.3 Å². The second-order valence-electron chi connectivity index (χ2n) is 6.48. The molecular formula is C18H20N4O3. The third-order valence-corrected chi connectivity index (χ3v) is 4.78. The Labute approximate surface area is 144 Å². The first-order valence-electron chi connectivity index (χ1n) is 8.44. The fourth-order valence-electron chi connectivity index (χ4n) is 3.50. The predicted octanol–water partition coefficient (Wildman–Crippen LogP) is 0.920. The molecule has 1 N–H and O–H groups in total. The number of oxazole rings is 1. The third kappa shape index (κ3) is 3.33. The molecule has 0 unspecified atom stereocenters. The average molecular weight is 340 g/mol.